The van der Waals surface area contributed by atoms with Gasteiger partial charge in [-0.15, -0.1) is 0 Å². The van der Waals surface area contributed by atoms with Gasteiger partial charge in [0.15, 0.2) is 11.4 Å². The highest BCUT2D eigenvalue weighted by Crippen LogP contribution is 2.49. The van der Waals surface area contributed by atoms with Crippen LogP contribution in [0.2, 0.25) is 0 Å². The number of carbonyl (C=O) groups is 3. The highest BCUT2D eigenvalue weighted by molar-refractivity contribution is 6.07. The van der Waals surface area contributed by atoms with E-state index in [0.29, 0.717) is 69.1 Å². The number of anilines is 2. The molecule has 1 fully saturated rings. The molecule has 3 aromatic carbocycles. The van der Waals surface area contributed by atoms with Gasteiger partial charge >= 0.3 is 6.09 Å². The van der Waals surface area contributed by atoms with Gasteiger partial charge in [0.1, 0.15) is 22.9 Å². The number of aromatic nitrogens is 7. The second kappa shape index (κ2) is 15.2. The number of nitrogens with zero attached hydrogens (tertiary/aromatic N) is 7. The summed E-state index contributed by atoms with van der Waals surface area (Å²) in [4.78, 5) is 68.0. The molecule has 3 unspecified atom stereocenters. The standard InChI is InChI=1S/C27H28N6O4.C27H21N5O/c1-25(2,3)36-24(35)33-8-6-26(14-33)13-20(32-37-26)22-29-18-9-15-11-27(12-16(15)10-19(18)30-22)17-5-4-7-28-21(17)31-23(27)34;33-26-27(22-2-1-9-28-25(22)31-26)13-18-11-17-5-7-21(30-24(17)12-19(18)14-27)6-3-16-4-8-23-20(10-16)15-29-32-23/h4-5,7,9-10H,6,8,11-14H2,1-3H3,(H,29,30)(H,28,31,34);1-2,4-5,7-12,15H,3,6,13-14H2,(H,29,32)(H,28,31,33). The van der Waals surface area contributed by atoms with E-state index in [0.717, 1.165) is 79.3 Å². The first-order valence-corrected chi connectivity index (χ1v) is 23.9. The molecule has 16 heteroatoms. The summed E-state index contributed by atoms with van der Waals surface area (Å²) in [6, 6.07) is 27.1. The molecule has 0 radical (unpaired) electrons. The molecule has 3 amide bonds. The SMILES string of the molecule is CC(C)(C)OC(=O)N1CCC2(CC(c3nc4cc5c(cc4[nH]3)CC3(C5)C(=O)Nc4ncccc43)=NO2)C1.O=C1Nc2ncccc2C12Cc1cc3ccc(CCc4ccc5[nH]ncc5c4)nc3cc1C2. The van der Waals surface area contributed by atoms with E-state index in [4.69, 9.17) is 19.5 Å². The second-order valence-corrected chi connectivity index (χ2v) is 20.9. The molecule has 4 aliphatic heterocycles. The Kier molecular flexibility index (Phi) is 9.17. The minimum atomic E-state index is -0.605. The van der Waals surface area contributed by atoms with Crippen LogP contribution in [0, 0.1) is 0 Å². The zero-order valence-corrected chi connectivity index (χ0v) is 39.0. The Balaban J connectivity index is 0.000000138. The van der Waals surface area contributed by atoms with Crippen molar-refractivity contribution in [3.05, 3.63) is 148 Å². The topological polar surface area (TPSA) is 205 Å². The molecule has 16 nitrogen and oxygen atoms in total. The Hall–Kier alpha value is -8.01. The van der Waals surface area contributed by atoms with Crippen LogP contribution in [0.15, 0.2) is 103 Å². The van der Waals surface area contributed by atoms with Gasteiger partial charge in [0.2, 0.25) is 11.8 Å². The van der Waals surface area contributed by atoms with Gasteiger partial charge in [-0.25, -0.2) is 19.7 Å². The van der Waals surface area contributed by atoms with Crippen molar-refractivity contribution in [1.82, 2.24) is 40.0 Å². The monoisotopic (exact) mass is 931 g/mol. The number of hydrogen-bond donors (Lipinski definition) is 4. The molecule has 14 rings (SSSR count). The molecular formula is C54H49N11O5. The second-order valence-electron chi connectivity index (χ2n) is 20.9. The molecule has 5 aromatic heterocycles. The normalized spacial score (nSPS) is 21.2. The number of benzene rings is 3. The molecule has 8 aromatic rings. The maximum absolute atomic E-state index is 13.0. The van der Waals surface area contributed by atoms with Gasteiger partial charge in [0.25, 0.3) is 0 Å². The lowest BCUT2D eigenvalue weighted by Gasteiger charge is -2.25. The molecule has 0 bridgehead atoms. The van der Waals surface area contributed by atoms with E-state index in [1.54, 1.807) is 17.3 Å². The first-order chi connectivity index (χ1) is 33.8. The number of hydrogen-bond acceptors (Lipinski definition) is 11. The zero-order valence-electron chi connectivity index (χ0n) is 39.0. The van der Waals surface area contributed by atoms with E-state index >= 15 is 0 Å². The Morgan fingerprint density at radius 2 is 1.43 bits per heavy atom. The van der Waals surface area contributed by atoms with Gasteiger partial charge in [-0.2, -0.15) is 5.10 Å². The first-order valence-electron chi connectivity index (χ1n) is 23.9. The molecule has 4 N–H and O–H groups in total. The average molecular weight is 932 g/mol. The van der Waals surface area contributed by atoms with Crippen molar-refractivity contribution in [1.29, 1.82) is 0 Å². The van der Waals surface area contributed by atoms with Gasteiger partial charge in [-0.1, -0.05) is 29.4 Å². The third kappa shape index (κ3) is 6.90. The highest BCUT2D eigenvalue weighted by Gasteiger charge is 2.53. The fraction of sp³-hybridized carbons (Fsp3) is 0.315. The Bertz CT molecular complexity index is 3530. The number of aryl methyl sites for hydroxylation is 2. The minimum absolute atomic E-state index is 0.00876. The van der Waals surface area contributed by atoms with Crippen LogP contribution in [0.3, 0.4) is 0 Å². The number of ether oxygens (including phenoxy) is 1. The average Bonchev–Trinajstić information content (AvgIpc) is 4.23. The molecule has 70 heavy (non-hydrogen) atoms. The van der Waals surface area contributed by atoms with Crippen molar-refractivity contribution in [3.8, 4) is 0 Å². The summed E-state index contributed by atoms with van der Waals surface area (Å²) in [6.07, 6.45) is 10.7. The number of amides is 3. The van der Waals surface area contributed by atoms with E-state index in [1.807, 2.05) is 51.2 Å². The highest BCUT2D eigenvalue weighted by atomic mass is 16.7. The number of pyridine rings is 3. The third-order valence-corrected chi connectivity index (χ3v) is 15.1. The van der Waals surface area contributed by atoms with E-state index < -0.39 is 22.0 Å². The van der Waals surface area contributed by atoms with Gasteiger partial charge in [0.05, 0.1) is 45.6 Å². The lowest BCUT2D eigenvalue weighted by atomic mass is 9.79. The molecule has 0 saturated carbocycles. The maximum atomic E-state index is 13.0. The number of nitrogens with one attached hydrogen (secondary N) is 4. The fourth-order valence-corrected chi connectivity index (χ4v) is 11.6. The Labute approximate surface area is 401 Å². The van der Waals surface area contributed by atoms with Crippen LogP contribution in [0.5, 0.6) is 0 Å². The predicted molar refractivity (Wildman–Crippen MR) is 263 cm³/mol. The van der Waals surface area contributed by atoms with Crippen LogP contribution in [0.25, 0.3) is 32.8 Å². The minimum Gasteiger partial charge on any atom is -0.444 e. The summed E-state index contributed by atoms with van der Waals surface area (Å²) in [5.41, 5.74) is 11.4. The van der Waals surface area contributed by atoms with Crippen LogP contribution in [-0.2, 0) is 68.5 Å². The van der Waals surface area contributed by atoms with Crippen molar-refractivity contribution in [2.24, 2.45) is 5.16 Å². The number of carbonyl (C=O) groups excluding carboxylic acids is 3. The Morgan fingerprint density at radius 3 is 2.14 bits per heavy atom. The molecule has 1 saturated heterocycles. The number of likely N-dealkylation sites (tertiary alicyclic amines) is 1. The van der Waals surface area contributed by atoms with Crippen molar-refractivity contribution >= 4 is 68.1 Å². The van der Waals surface area contributed by atoms with Crippen LogP contribution in [0.4, 0.5) is 16.4 Å². The summed E-state index contributed by atoms with van der Waals surface area (Å²) in [5, 5.41) is 19.7. The predicted octanol–water partition coefficient (Wildman–Crippen LogP) is 7.73. The summed E-state index contributed by atoms with van der Waals surface area (Å²) in [7, 11) is 0. The first kappa shape index (κ1) is 42.1. The summed E-state index contributed by atoms with van der Waals surface area (Å²) in [5.74, 6) is 2.11. The number of aromatic amines is 2. The summed E-state index contributed by atoms with van der Waals surface area (Å²) in [6.45, 7) is 6.59. The largest absolute Gasteiger partial charge is 0.444 e. The number of oxime groups is 1. The van der Waals surface area contributed by atoms with E-state index in [-0.39, 0.29) is 17.9 Å². The maximum Gasteiger partial charge on any atom is 0.410 e. The zero-order chi connectivity index (χ0) is 47.6. The van der Waals surface area contributed by atoms with Crippen LogP contribution in [-0.4, -0.2) is 87.9 Å². The van der Waals surface area contributed by atoms with Crippen molar-refractivity contribution in [3.63, 3.8) is 0 Å². The molecule has 2 aliphatic carbocycles. The number of rotatable bonds is 4. The van der Waals surface area contributed by atoms with Crippen LogP contribution >= 0.6 is 0 Å². The molecule has 6 aliphatic rings. The number of fused-ring (bicyclic) bond motifs is 9. The van der Waals surface area contributed by atoms with E-state index in [2.05, 4.69) is 95.5 Å². The molecule has 3 atom stereocenters. The number of H-pyrrole nitrogens is 2. The lowest BCUT2D eigenvalue weighted by molar-refractivity contribution is -0.121. The van der Waals surface area contributed by atoms with Gasteiger partial charge in [-0.05, 0) is 142 Å². The van der Waals surface area contributed by atoms with Crippen molar-refractivity contribution in [2.75, 3.05) is 23.7 Å². The lowest BCUT2D eigenvalue weighted by Crippen LogP contribution is -2.39. The molecular weight excluding hydrogens is 883 g/mol. The van der Waals surface area contributed by atoms with Gasteiger partial charge in [-0.3, -0.25) is 19.7 Å². The smallest absolute Gasteiger partial charge is 0.410 e. The molecule has 9 heterocycles. The van der Waals surface area contributed by atoms with Gasteiger partial charge in [0, 0.05) is 59.4 Å². The van der Waals surface area contributed by atoms with E-state index in [9.17, 15) is 14.4 Å². The summed E-state index contributed by atoms with van der Waals surface area (Å²) >= 11 is 0. The Morgan fingerprint density at radius 1 is 0.743 bits per heavy atom. The molecule has 3 spiro atoms. The molecule has 350 valence electrons. The quantitative estimate of drug-likeness (QED) is 0.135. The van der Waals surface area contributed by atoms with E-state index in [1.165, 1.54) is 16.7 Å². The summed E-state index contributed by atoms with van der Waals surface area (Å²) < 4.78 is 5.52. The van der Waals surface area contributed by atoms with Crippen LogP contribution < -0.4 is 10.6 Å². The fourth-order valence-electron chi connectivity index (χ4n) is 11.6. The van der Waals surface area contributed by atoms with Gasteiger partial charge < -0.3 is 30.1 Å². The van der Waals surface area contributed by atoms with Crippen LogP contribution in [0.1, 0.15) is 84.1 Å². The van der Waals surface area contributed by atoms with Crippen molar-refractivity contribution < 1.29 is 24.0 Å². The van der Waals surface area contributed by atoms with Crippen molar-refractivity contribution in [2.45, 2.75) is 94.2 Å². The number of imidazole rings is 1. The third-order valence-electron chi connectivity index (χ3n) is 15.1.